The lowest BCUT2D eigenvalue weighted by Crippen LogP contribution is -2.74. The zero-order valence-corrected chi connectivity index (χ0v) is 35.5. The molecule has 1 nitrogen and oxygen atoms in total. The quantitative estimate of drug-likeness (QED) is 0.112. The van der Waals surface area contributed by atoms with Crippen LogP contribution in [0.4, 0.5) is 0 Å². The summed E-state index contributed by atoms with van der Waals surface area (Å²) in [6, 6.07) is 75.2. The van der Waals surface area contributed by atoms with Crippen molar-refractivity contribution in [1.29, 1.82) is 0 Å². The van der Waals surface area contributed by atoms with Crippen LogP contribution in [0.1, 0.15) is 52.7 Å². The molecule has 9 rings (SSSR count). The third-order valence-electron chi connectivity index (χ3n) is 12.1. The van der Waals surface area contributed by atoms with Gasteiger partial charge in [-0.2, -0.15) is 0 Å². The molecule has 1 aromatic heterocycles. The molecule has 0 N–H and O–H groups in total. The molecule has 0 radical (unpaired) electrons. The second-order valence-electron chi connectivity index (χ2n) is 17.8. The molecule has 8 aromatic carbocycles. The topological polar surface area (TPSA) is 4.93 Å². The van der Waals surface area contributed by atoms with Crippen LogP contribution in [0.15, 0.2) is 200 Å². The summed E-state index contributed by atoms with van der Waals surface area (Å²) in [4.78, 5) is 0. The van der Waals surface area contributed by atoms with Gasteiger partial charge < -0.3 is 4.57 Å². The molecule has 0 atom stereocenters. The van der Waals surface area contributed by atoms with E-state index < -0.39 is 8.07 Å². The first kappa shape index (κ1) is 37.4. The third kappa shape index (κ3) is 6.52. The number of aromatic nitrogens is 1. The number of benzene rings is 8. The number of nitrogens with zero attached hydrogens (tertiary/aromatic N) is 1. The van der Waals surface area contributed by atoms with E-state index in [9.17, 15) is 0 Å². The minimum absolute atomic E-state index is 0.0862. The second kappa shape index (κ2) is 14.6. The molecule has 0 saturated heterocycles. The van der Waals surface area contributed by atoms with E-state index in [2.05, 4.69) is 246 Å². The molecule has 1 heterocycles. The number of fused-ring (bicyclic) bond motifs is 3. The molecule has 0 amide bonds. The highest BCUT2D eigenvalue weighted by Crippen LogP contribution is 2.39. The minimum atomic E-state index is -2.65. The summed E-state index contributed by atoms with van der Waals surface area (Å²) in [7, 11) is -2.65. The standard InChI is InChI=1S/C56H51NSi/c1-55(2,3)43-30-24-42(25-31-43)50-21-15-23-53-54(50)51-20-13-14-22-52(51)57(53)45-34-26-40(27-35-45)41-28-36-48(37-29-41)58(46-16-9-7-10-17-46,47-18-11-8-12-19-47)49-38-32-44(33-39-49)56(4,5)6/h7-39H,1-6H3. The summed E-state index contributed by atoms with van der Waals surface area (Å²) >= 11 is 0. The lowest BCUT2D eigenvalue weighted by Gasteiger charge is -2.35. The highest BCUT2D eigenvalue weighted by Gasteiger charge is 2.41. The Labute approximate surface area is 345 Å². The van der Waals surface area contributed by atoms with Crippen molar-refractivity contribution in [3.63, 3.8) is 0 Å². The normalized spacial score (nSPS) is 12.3. The molecule has 0 aliphatic heterocycles. The van der Waals surface area contributed by atoms with Crippen LogP contribution in [0, 0.1) is 0 Å². The fraction of sp³-hybridized carbons (Fsp3) is 0.143. The minimum Gasteiger partial charge on any atom is -0.309 e. The van der Waals surface area contributed by atoms with Gasteiger partial charge in [0.25, 0.3) is 0 Å². The molecular weight excluding hydrogens is 715 g/mol. The van der Waals surface area contributed by atoms with E-state index in [0.717, 1.165) is 5.69 Å². The number of rotatable bonds is 7. The van der Waals surface area contributed by atoms with Crippen molar-refractivity contribution in [2.24, 2.45) is 0 Å². The molecule has 0 aliphatic carbocycles. The van der Waals surface area contributed by atoms with Crippen molar-refractivity contribution in [2.45, 2.75) is 52.4 Å². The van der Waals surface area contributed by atoms with Crippen LogP contribution in [0.5, 0.6) is 0 Å². The smallest absolute Gasteiger partial charge is 0.179 e. The van der Waals surface area contributed by atoms with Crippen molar-refractivity contribution in [3.05, 3.63) is 211 Å². The molecule has 0 bridgehead atoms. The fourth-order valence-electron chi connectivity index (χ4n) is 9.00. The fourth-order valence-corrected chi connectivity index (χ4v) is 13.7. The lowest BCUT2D eigenvalue weighted by molar-refractivity contribution is 0.590. The number of hydrogen-bond acceptors (Lipinski definition) is 0. The van der Waals surface area contributed by atoms with Gasteiger partial charge in [0.15, 0.2) is 8.07 Å². The predicted octanol–water partition coefficient (Wildman–Crippen LogP) is 12.1. The molecule has 0 aliphatic rings. The molecule has 0 saturated carbocycles. The molecule has 2 heteroatoms. The van der Waals surface area contributed by atoms with Gasteiger partial charge in [0, 0.05) is 16.5 Å². The van der Waals surface area contributed by atoms with Crippen LogP contribution in [-0.4, -0.2) is 12.6 Å². The van der Waals surface area contributed by atoms with Crippen molar-refractivity contribution in [1.82, 2.24) is 4.57 Å². The molecule has 0 spiro atoms. The third-order valence-corrected chi connectivity index (χ3v) is 16.9. The zero-order valence-electron chi connectivity index (χ0n) is 34.5. The van der Waals surface area contributed by atoms with Crippen molar-refractivity contribution in [3.8, 4) is 27.9 Å². The van der Waals surface area contributed by atoms with Crippen molar-refractivity contribution < 1.29 is 0 Å². The first-order chi connectivity index (χ1) is 28.0. The molecule has 0 unspecified atom stereocenters. The largest absolute Gasteiger partial charge is 0.309 e. The van der Waals surface area contributed by atoms with E-state index in [1.54, 1.807) is 0 Å². The lowest BCUT2D eigenvalue weighted by atomic mass is 9.86. The van der Waals surface area contributed by atoms with Crippen LogP contribution >= 0.6 is 0 Å². The van der Waals surface area contributed by atoms with Gasteiger partial charge in [-0.05, 0) is 89.2 Å². The van der Waals surface area contributed by atoms with Crippen LogP contribution in [0.3, 0.4) is 0 Å². The summed E-state index contributed by atoms with van der Waals surface area (Å²) in [5.41, 5.74) is 11.4. The van der Waals surface area contributed by atoms with E-state index in [1.165, 1.54) is 75.9 Å². The maximum Gasteiger partial charge on any atom is 0.179 e. The van der Waals surface area contributed by atoms with E-state index >= 15 is 0 Å². The van der Waals surface area contributed by atoms with Crippen molar-refractivity contribution >= 4 is 50.6 Å². The Morgan fingerprint density at radius 1 is 0.345 bits per heavy atom. The summed E-state index contributed by atoms with van der Waals surface area (Å²) in [6.45, 7) is 13.7. The van der Waals surface area contributed by atoms with Gasteiger partial charge in [-0.3, -0.25) is 0 Å². The molecule has 284 valence electrons. The SMILES string of the molecule is CC(C)(C)c1ccc(-c2cccc3c2c2ccccc2n3-c2ccc(-c3ccc([Si](c4ccccc4)(c4ccccc4)c4ccc(C(C)(C)C)cc4)cc3)cc2)cc1. The molecular formula is C56H51NSi. The van der Waals surface area contributed by atoms with Gasteiger partial charge in [-0.25, -0.2) is 0 Å². The van der Waals surface area contributed by atoms with Gasteiger partial charge >= 0.3 is 0 Å². The number of hydrogen-bond donors (Lipinski definition) is 0. The summed E-state index contributed by atoms with van der Waals surface area (Å²) in [5, 5.41) is 8.11. The Bertz CT molecular complexity index is 2800. The van der Waals surface area contributed by atoms with Crippen LogP contribution in [0.25, 0.3) is 49.7 Å². The Morgan fingerprint density at radius 3 is 1.29 bits per heavy atom. The number of para-hydroxylation sites is 1. The van der Waals surface area contributed by atoms with Crippen LogP contribution in [-0.2, 0) is 10.8 Å². The van der Waals surface area contributed by atoms with E-state index in [4.69, 9.17) is 0 Å². The van der Waals surface area contributed by atoms with Gasteiger partial charge in [0.1, 0.15) is 0 Å². The highest BCUT2D eigenvalue weighted by molar-refractivity contribution is 7.19. The molecule has 58 heavy (non-hydrogen) atoms. The van der Waals surface area contributed by atoms with E-state index in [-0.39, 0.29) is 10.8 Å². The Kier molecular flexibility index (Phi) is 9.41. The zero-order chi connectivity index (χ0) is 40.1. The van der Waals surface area contributed by atoms with Gasteiger partial charge in [0.2, 0.25) is 0 Å². The maximum atomic E-state index is 2.43. The van der Waals surface area contributed by atoms with Gasteiger partial charge in [0.05, 0.1) is 11.0 Å². The van der Waals surface area contributed by atoms with Crippen molar-refractivity contribution in [2.75, 3.05) is 0 Å². The van der Waals surface area contributed by atoms with E-state index in [0.29, 0.717) is 0 Å². The van der Waals surface area contributed by atoms with E-state index in [1.807, 2.05) is 0 Å². The van der Waals surface area contributed by atoms with Gasteiger partial charge in [-0.15, -0.1) is 0 Å². The van der Waals surface area contributed by atoms with Crippen LogP contribution in [0.2, 0.25) is 0 Å². The Hall–Kier alpha value is -6.22. The average Bonchev–Trinajstić information content (AvgIpc) is 3.59. The second-order valence-corrected chi connectivity index (χ2v) is 21.6. The predicted molar refractivity (Wildman–Crippen MR) is 253 cm³/mol. The summed E-state index contributed by atoms with van der Waals surface area (Å²) < 4.78 is 2.43. The first-order valence-corrected chi connectivity index (χ1v) is 22.6. The Balaban J connectivity index is 1.12. The Morgan fingerprint density at radius 2 is 0.759 bits per heavy atom. The summed E-state index contributed by atoms with van der Waals surface area (Å²) in [6.07, 6.45) is 0. The first-order valence-electron chi connectivity index (χ1n) is 20.6. The average molecular weight is 766 g/mol. The highest BCUT2D eigenvalue weighted by atomic mass is 28.3. The summed E-state index contributed by atoms with van der Waals surface area (Å²) in [5.74, 6) is 0. The van der Waals surface area contributed by atoms with Crippen LogP contribution < -0.4 is 20.7 Å². The molecule has 0 fully saturated rings. The monoisotopic (exact) mass is 765 g/mol. The van der Waals surface area contributed by atoms with Gasteiger partial charge in [-0.1, -0.05) is 217 Å². The molecule has 9 aromatic rings. The maximum absolute atomic E-state index is 2.65.